The lowest BCUT2D eigenvalue weighted by Crippen LogP contribution is -2.43. The Morgan fingerprint density at radius 2 is 2.18 bits per heavy atom. The summed E-state index contributed by atoms with van der Waals surface area (Å²) < 4.78 is 18.9. The Balaban J connectivity index is 1.57. The van der Waals surface area contributed by atoms with Crippen molar-refractivity contribution in [2.75, 3.05) is 26.3 Å². The average Bonchev–Trinajstić information content (AvgIpc) is 3.17. The fraction of sp³-hybridized carbons (Fsp3) is 0.471. The third-order valence-corrected chi connectivity index (χ3v) is 4.94. The fourth-order valence-corrected chi connectivity index (χ4v) is 3.69. The van der Waals surface area contributed by atoms with Gasteiger partial charge in [-0.05, 0) is 24.1 Å². The lowest BCUT2D eigenvalue weighted by Gasteiger charge is -2.36. The summed E-state index contributed by atoms with van der Waals surface area (Å²) in [6, 6.07) is 6.93. The summed E-state index contributed by atoms with van der Waals surface area (Å²) in [6.45, 7) is 4.35. The molecule has 2 aliphatic rings. The molecule has 5 heteroatoms. The molecule has 1 unspecified atom stereocenters. The van der Waals surface area contributed by atoms with E-state index >= 15 is 0 Å². The van der Waals surface area contributed by atoms with Crippen molar-refractivity contribution in [2.24, 2.45) is 0 Å². The molecular weight excluding hydrogens is 281 g/mol. The minimum atomic E-state index is -0.183. The van der Waals surface area contributed by atoms with Crippen LogP contribution >= 0.6 is 0 Å². The lowest BCUT2D eigenvalue weighted by atomic mass is 9.79. The maximum Gasteiger partial charge on any atom is 0.123 e. The largest absolute Gasteiger partial charge is 0.380 e. The van der Waals surface area contributed by atoms with E-state index in [2.05, 4.69) is 14.9 Å². The van der Waals surface area contributed by atoms with Crippen LogP contribution in [-0.2, 0) is 23.1 Å². The van der Waals surface area contributed by atoms with E-state index in [0.717, 1.165) is 39.1 Å². The van der Waals surface area contributed by atoms with Gasteiger partial charge in [-0.25, -0.2) is 9.37 Å². The normalized spacial score (nSPS) is 25.3. The third kappa shape index (κ3) is 2.44. The number of benzene rings is 1. The van der Waals surface area contributed by atoms with E-state index < -0.39 is 0 Å². The number of aromatic nitrogens is 2. The molecule has 1 N–H and O–H groups in total. The molecule has 0 amide bonds. The standard InChI is InChI=1S/C17H20FN3O/c18-14-3-1-13(2-4-14)17(6-8-22-11-17)10-21-7-5-15-16(9-21)20-12-19-15/h1-4,12H,5-11H2,(H,19,20). The topological polar surface area (TPSA) is 41.2 Å². The molecule has 1 aromatic heterocycles. The van der Waals surface area contributed by atoms with Gasteiger partial charge in [-0.2, -0.15) is 0 Å². The zero-order valence-corrected chi connectivity index (χ0v) is 12.5. The fourth-order valence-electron chi connectivity index (χ4n) is 3.69. The van der Waals surface area contributed by atoms with Gasteiger partial charge in [0.15, 0.2) is 0 Å². The maximum absolute atomic E-state index is 13.2. The molecule has 4 rings (SSSR count). The van der Waals surface area contributed by atoms with Gasteiger partial charge in [0, 0.05) is 38.1 Å². The van der Waals surface area contributed by atoms with Crippen LogP contribution in [0.2, 0.25) is 0 Å². The average molecular weight is 301 g/mol. The van der Waals surface area contributed by atoms with Crippen LogP contribution in [0.5, 0.6) is 0 Å². The summed E-state index contributed by atoms with van der Waals surface area (Å²) in [5.41, 5.74) is 3.57. The van der Waals surface area contributed by atoms with E-state index in [4.69, 9.17) is 4.74 Å². The van der Waals surface area contributed by atoms with Gasteiger partial charge in [-0.3, -0.25) is 4.90 Å². The molecular formula is C17H20FN3O. The molecule has 0 saturated carbocycles. The minimum Gasteiger partial charge on any atom is -0.380 e. The first-order valence-electron chi connectivity index (χ1n) is 7.82. The number of hydrogen-bond acceptors (Lipinski definition) is 3. The maximum atomic E-state index is 13.2. The van der Waals surface area contributed by atoms with Crippen LogP contribution in [0.1, 0.15) is 23.4 Å². The zero-order chi connectivity index (χ0) is 15.0. The highest BCUT2D eigenvalue weighted by Gasteiger charge is 2.39. The van der Waals surface area contributed by atoms with Gasteiger partial charge in [0.1, 0.15) is 5.82 Å². The van der Waals surface area contributed by atoms with E-state index in [1.807, 2.05) is 12.1 Å². The van der Waals surface area contributed by atoms with Crippen LogP contribution in [0.4, 0.5) is 4.39 Å². The van der Waals surface area contributed by atoms with Crippen molar-refractivity contribution in [3.8, 4) is 0 Å². The Hall–Kier alpha value is -1.72. The Labute approximate surface area is 129 Å². The molecule has 0 bridgehead atoms. The highest BCUT2D eigenvalue weighted by Crippen LogP contribution is 2.35. The smallest absolute Gasteiger partial charge is 0.123 e. The number of H-pyrrole nitrogens is 1. The molecule has 1 atom stereocenters. The highest BCUT2D eigenvalue weighted by atomic mass is 19.1. The number of ether oxygens (including phenoxy) is 1. The SMILES string of the molecule is Fc1ccc(C2(CN3CCc4nc[nH]c4C3)CCOC2)cc1. The molecule has 0 aliphatic carbocycles. The summed E-state index contributed by atoms with van der Waals surface area (Å²) in [4.78, 5) is 10.1. The van der Waals surface area contributed by atoms with Crippen LogP contribution in [0.25, 0.3) is 0 Å². The molecule has 116 valence electrons. The van der Waals surface area contributed by atoms with Crippen molar-refractivity contribution in [1.82, 2.24) is 14.9 Å². The molecule has 2 aliphatic heterocycles. The third-order valence-electron chi connectivity index (χ3n) is 4.94. The Morgan fingerprint density at radius 1 is 1.32 bits per heavy atom. The van der Waals surface area contributed by atoms with Gasteiger partial charge in [0.05, 0.1) is 24.3 Å². The van der Waals surface area contributed by atoms with Gasteiger partial charge in [0.2, 0.25) is 0 Å². The monoisotopic (exact) mass is 301 g/mol. The van der Waals surface area contributed by atoms with E-state index in [1.54, 1.807) is 18.5 Å². The van der Waals surface area contributed by atoms with Crippen molar-refractivity contribution in [1.29, 1.82) is 0 Å². The number of hydrogen-bond donors (Lipinski definition) is 1. The van der Waals surface area contributed by atoms with E-state index in [1.165, 1.54) is 17.0 Å². The summed E-state index contributed by atoms with van der Waals surface area (Å²) in [7, 11) is 0. The van der Waals surface area contributed by atoms with Gasteiger partial charge in [0.25, 0.3) is 0 Å². The highest BCUT2D eigenvalue weighted by molar-refractivity contribution is 5.28. The first-order chi connectivity index (χ1) is 10.8. The first kappa shape index (κ1) is 13.9. The van der Waals surface area contributed by atoms with Crippen molar-refractivity contribution in [3.05, 3.63) is 53.4 Å². The van der Waals surface area contributed by atoms with E-state index in [-0.39, 0.29) is 11.2 Å². The minimum absolute atomic E-state index is 0.0226. The molecule has 0 spiro atoms. The molecule has 3 heterocycles. The van der Waals surface area contributed by atoms with E-state index in [9.17, 15) is 4.39 Å². The van der Waals surface area contributed by atoms with Gasteiger partial charge >= 0.3 is 0 Å². The molecule has 1 saturated heterocycles. The molecule has 0 radical (unpaired) electrons. The predicted molar refractivity (Wildman–Crippen MR) is 81.1 cm³/mol. The van der Waals surface area contributed by atoms with Crippen LogP contribution in [0.15, 0.2) is 30.6 Å². The van der Waals surface area contributed by atoms with Crippen LogP contribution < -0.4 is 0 Å². The molecule has 22 heavy (non-hydrogen) atoms. The van der Waals surface area contributed by atoms with Crippen molar-refractivity contribution in [2.45, 2.75) is 24.8 Å². The van der Waals surface area contributed by atoms with Crippen LogP contribution in [-0.4, -0.2) is 41.2 Å². The lowest BCUT2D eigenvalue weighted by molar-refractivity contribution is 0.143. The number of halogens is 1. The summed E-state index contributed by atoms with van der Waals surface area (Å²) in [5, 5.41) is 0. The quantitative estimate of drug-likeness (QED) is 0.945. The van der Waals surface area contributed by atoms with Crippen LogP contribution in [0, 0.1) is 5.82 Å². The number of aromatic amines is 1. The van der Waals surface area contributed by atoms with Crippen molar-refractivity contribution >= 4 is 0 Å². The molecule has 1 aromatic carbocycles. The summed E-state index contributed by atoms with van der Waals surface area (Å²) in [6.07, 6.45) is 3.76. The number of imidazole rings is 1. The van der Waals surface area contributed by atoms with Gasteiger partial charge < -0.3 is 9.72 Å². The molecule has 4 nitrogen and oxygen atoms in total. The summed E-state index contributed by atoms with van der Waals surface area (Å²) >= 11 is 0. The van der Waals surface area contributed by atoms with Crippen LogP contribution in [0.3, 0.4) is 0 Å². The Kier molecular flexibility index (Phi) is 3.47. The number of rotatable bonds is 3. The predicted octanol–water partition coefficient (Wildman–Crippen LogP) is 2.27. The Bertz CT molecular complexity index is 646. The van der Waals surface area contributed by atoms with Gasteiger partial charge in [-0.15, -0.1) is 0 Å². The molecule has 1 fully saturated rings. The number of fused-ring (bicyclic) bond motifs is 1. The number of nitrogens with zero attached hydrogens (tertiary/aromatic N) is 2. The molecule has 2 aromatic rings. The second-order valence-electron chi connectivity index (χ2n) is 6.38. The summed E-state index contributed by atoms with van der Waals surface area (Å²) in [5.74, 6) is -0.183. The van der Waals surface area contributed by atoms with Crippen molar-refractivity contribution in [3.63, 3.8) is 0 Å². The second-order valence-corrected chi connectivity index (χ2v) is 6.38. The zero-order valence-electron chi connectivity index (χ0n) is 12.5. The van der Waals surface area contributed by atoms with E-state index in [0.29, 0.717) is 6.61 Å². The van der Waals surface area contributed by atoms with Crippen molar-refractivity contribution < 1.29 is 9.13 Å². The second kappa shape index (κ2) is 5.48. The number of nitrogens with one attached hydrogen (secondary N) is 1. The first-order valence-corrected chi connectivity index (χ1v) is 7.82. The van der Waals surface area contributed by atoms with Gasteiger partial charge in [-0.1, -0.05) is 12.1 Å². The Morgan fingerprint density at radius 3 is 2.95 bits per heavy atom.